The van der Waals surface area contributed by atoms with E-state index in [1.54, 1.807) is 24.3 Å². The fraction of sp³-hybridized carbons (Fsp3) is 0. The Balaban J connectivity index is 2.27. The van der Waals surface area contributed by atoms with Crippen molar-refractivity contribution < 1.29 is 14.7 Å². The quantitative estimate of drug-likeness (QED) is 0.690. The summed E-state index contributed by atoms with van der Waals surface area (Å²) >= 11 is 0. The molecule has 1 N–H and O–H groups in total. The molecule has 1 aliphatic carbocycles. The van der Waals surface area contributed by atoms with Crippen LogP contribution in [-0.4, -0.2) is 18.1 Å². The molecule has 0 saturated heterocycles. The van der Waals surface area contributed by atoms with Gasteiger partial charge in [0.15, 0.2) is 11.6 Å². The third kappa shape index (κ3) is 1.29. The van der Waals surface area contributed by atoms with E-state index >= 15 is 0 Å². The maximum Gasteiger partial charge on any atom is 0.293 e. The van der Waals surface area contributed by atoms with E-state index in [1.807, 2.05) is 0 Å². The van der Waals surface area contributed by atoms with Crippen LogP contribution in [0.15, 0.2) is 42.5 Å². The molecule has 0 saturated carbocycles. The Morgan fingerprint density at radius 3 is 2.06 bits per heavy atom. The van der Waals surface area contributed by atoms with Crippen molar-refractivity contribution in [2.75, 3.05) is 0 Å². The molecule has 0 spiro atoms. The maximum absolute atomic E-state index is 12.3. The number of carbonyl (C=O) groups excluding carboxylic acids is 2. The summed E-state index contributed by atoms with van der Waals surface area (Å²) < 4.78 is 6.83. The number of fused-ring (bicyclic) bond motifs is 2. The molecule has 0 amide bonds. The largest absolute Gasteiger partial charge is 0.508 e. The Morgan fingerprint density at radius 2 is 1.41 bits per heavy atom. The van der Waals surface area contributed by atoms with Crippen LogP contribution in [0.2, 0.25) is 0 Å². The summed E-state index contributed by atoms with van der Waals surface area (Å²) in [6.45, 7) is 0. The van der Waals surface area contributed by atoms with Crippen molar-refractivity contribution >= 4 is 11.6 Å². The Morgan fingerprint density at radius 1 is 0.824 bits per heavy atom. The van der Waals surface area contributed by atoms with Crippen LogP contribution in [0.1, 0.15) is 31.8 Å². The molecule has 3 heteroatoms. The Labute approximate surface area is 98.8 Å². The monoisotopic (exact) mass is 225 g/mol. The van der Waals surface area contributed by atoms with Gasteiger partial charge in [0.25, 0.3) is 1.43 Å². The third-order valence-electron chi connectivity index (χ3n) is 2.90. The van der Waals surface area contributed by atoms with Crippen LogP contribution in [0.25, 0.3) is 0 Å². The summed E-state index contributed by atoms with van der Waals surface area (Å²) in [4.78, 5) is 24.5. The van der Waals surface area contributed by atoms with Crippen LogP contribution in [0.4, 0.5) is 0 Å². The lowest BCUT2D eigenvalue weighted by Crippen LogP contribution is -2.20. The van der Waals surface area contributed by atoms with Crippen molar-refractivity contribution in [1.82, 2.24) is 0 Å². The van der Waals surface area contributed by atoms with E-state index in [2.05, 4.69) is 5.11 Å². The number of phenols is 1. The van der Waals surface area contributed by atoms with Gasteiger partial charge in [-0.1, -0.05) is 24.3 Å². The van der Waals surface area contributed by atoms with Gasteiger partial charge < -0.3 is 5.11 Å². The lowest BCUT2D eigenvalue weighted by atomic mass is 9.84. The second-order valence-corrected chi connectivity index (χ2v) is 3.91. The smallest absolute Gasteiger partial charge is 0.293 e. The van der Waals surface area contributed by atoms with Crippen molar-refractivity contribution in [2.24, 2.45) is 0 Å². The second kappa shape index (κ2) is 3.28. The maximum atomic E-state index is 12.3. The van der Waals surface area contributed by atoms with Crippen LogP contribution in [0, 0.1) is 0 Å². The molecule has 0 bridgehead atoms. The molecule has 82 valence electrons. The number of hydrogen-bond acceptors (Lipinski definition) is 3. The molecule has 0 aliphatic heterocycles. The summed E-state index contributed by atoms with van der Waals surface area (Å²) in [5.74, 6) is -0.134. The van der Waals surface area contributed by atoms with Gasteiger partial charge in [-0.05, 0) is 18.2 Å². The molecule has 3 rings (SSSR count). The Kier molecular flexibility index (Phi) is 1.68. The minimum Gasteiger partial charge on any atom is -0.508 e. The zero-order valence-electron chi connectivity index (χ0n) is 9.77. The van der Waals surface area contributed by atoms with Crippen LogP contribution >= 0.6 is 0 Å². The minimum atomic E-state index is -0.209. The molecule has 17 heavy (non-hydrogen) atoms. The first-order chi connectivity index (χ1) is 8.72. The lowest BCUT2D eigenvalue weighted by Gasteiger charge is -2.16. The molecule has 2 aromatic rings. The van der Waals surface area contributed by atoms with E-state index in [4.69, 9.17) is 1.43 Å². The zero-order chi connectivity index (χ0) is 12.7. The van der Waals surface area contributed by atoms with Crippen molar-refractivity contribution in [1.29, 1.82) is 1.43 Å². The lowest BCUT2D eigenvalue weighted by molar-refractivity contribution is 0.0979. The first-order valence-corrected chi connectivity index (χ1v) is 5.18. The average molecular weight is 225 g/mol. The van der Waals surface area contributed by atoms with Crippen molar-refractivity contribution in [3.63, 3.8) is 0 Å². The van der Waals surface area contributed by atoms with Crippen molar-refractivity contribution in [2.45, 2.75) is 0 Å². The van der Waals surface area contributed by atoms with Gasteiger partial charge in [0.05, 0.1) is 0 Å². The van der Waals surface area contributed by atoms with Crippen LogP contribution in [-0.2, 0) is 0 Å². The fourth-order valence-corrected chi connectivity index (χ4v) is 2.08. The van der Waals surface area contributed by atoms with Gasteiger partial charge >= 0.3 is 0 Å². The highest BCUT2D eigenvalue weighted by atomic mass is 16.3. The van der Waals surface area contributed by atoms with Crippen molar-refractivity contribution in [3.8, 4) is 5.75 Å². The molecular weight excluding hydrogens is 216 g/mol. The predicted octanol–water partition coefficient (Wildman–Crippen LogP) is 2.17. The summed E-state index contributed by atoms with van der Waals surface area (Å²) in [6, 6.07) is 11.2. The van der Waals surface area contributed by atoms with Gasteiger partial charge in [0.2, 0.25) is 0 Å². The third-order valence-corrected chi connectivity index (χ3v) is 2.90. The normalized spacial score (nSPS) is 13.8. The predicted molar refractivity (Wildman–Crippen MR) is 61.4 cm³/mol. The number of aromatic hydroxyl groups is 1. The number of hydrogen-bond donors (Lipinski definition) is 1. The second-order valence-electron chi connectivity index (χ2n) is 3.91. The van der Waals surface area contributed by atoms with E-state index in [-0.39, 0.29) is 17.3 Å². The van der Waals surface area contributed by atoms with Crippen LogP contribution in [0.5, 0.6) is 5.75 Å². The number of ketones is 2. The number of phenolic OH excluding ortho intramolecular Hbond substituents is 1. The van der Waals surface area contributed by atoms with Gasteiger partial charge in [0, 0.05) is 22.3 Å². The topological polar surface area (TPSA) is 54.4 Å². The van der Waals surface area contributed by atoms with E-state index in [0.717, 1.165) is 0 Å². The highest BCUT2D eigenvalue weighted by molar-refractivity contribution is 6.28. The number of rotatable bonds is 1. The highest BCUT2D eigenvalue weighted by Gasteiger charge is 2.29. The van der Waals surface area contributed by atoms with E-state index in [0.29, 0.717) is 22.3 Å². The molecule has 0 radical (unpaired) electrons. The SMILES string of the molecule is [2H]Oc1ccc2c(c1)C(=O)c1ccccc1C2=O. The molecular formula is C14H8O3. The summed E-state index contributed by atoms with van der Waals surface area (Å²) in [5.41, 5.74) is 1.48. The van der Waals surface area contributed by atoms with Crippen LogP contribution < -0.4 is 0 Å². The Bertz CT molecular complexity index is 676. The van der Waals surface area contributed by atoms with E-state index in [1.165, 1.54) is 18.2 Å². The molecule has 1 aliphatic rings. The molecule has 0 unspecified atom stereocenters. The van der Waals surface area contributed by atoms with Gasteiger partial charge in [-0.25, -0.2) is 0 Å². The molecule has 0 fully saturated rings. The first kappa shape index (κ1) is 8.70. The zero-order valence-corrected chi connectivity index (χ0v) is 8.77. The van der Waals surface area contributed by atoms with Gasteiger partial charge in [-0.2, -0.15) is 0 Å². The number of benzene rings is 2. The first-order valence-electron chi connectivity index (χ1n) is 5.59. The van der Waals surface area contributed by atoms with Gasteiger partial charge in [0.1, 0.15) is 5.75 Å². The molecule has 0 heterocycles. The van der Waals surface area contributed by atoms with E-state index in [9.17, 15) is 9.59 Å². The highest BCUT2D eigenvalue weighted by Crippen LogP contribution is 2.29. The fourth-order valence-electron chi connectivity index (χ4n) is 2.08. The molecule has 3 nitrogen and oxygen atoms in total. The summed E-state index contributed by atoms with van der Waals surface area (Å²) in [7, 11) is 0. The Hall–Kier alpha value is -2.42. The average Bonchev–Trinajstić information content (AvgIpc) is 2.44. The van der Waals surface area contributed by atoms with Gasteiger partial charge in [-0.3, -0.25) is 9.59 Å². The molecule has 0 atom stereocenters. The summed E-state index contributed by atoms with van der Waals surface area (Å²) in [5, 5.41) is 4.34. The standard InChI is InChI=1S/C14H8O3/c15-8-5-6-11-12(7-8)14(17)10-4-2-1-3-9(10)13(11)16/h1-7,15H/i/hD. The van der Waals surface area contributed by atoms with Crippen LogP contribution in [0.3, 0.4) is 0 Å². The van der Waals surface area contributed by atoms with Gasteiger partial charge in [-0.15, -0.1) is 0 Å². The molecule has 0 aromatic heterocycles. The minimum absolute atomic E-state index is 0.170. The number of carbonyl (C=O) groups is 2. The summed E-state index contributed by atoms with van der Waals surface area (Å²) in [6.07, 6.45) is 0. The van der Waals surface area contributed by atoms with Crippen molar-refractivity contribution in [3.05, 3.63) is 64.7 Å². The molecule has 2 aromatic carbocycles. The van der Waals surface area contributed by atoms with E-state index < -0.39 is 0 Å².